The summed E-state index contributed by atoms with van der Waals surface area (Å²) in [6, 6.07) is 4.63. The van der Waals surface area contributed by atoms with E-state index in [4.69, 9.17) is 9.25 Å². The highest BCUT2D eigenvalue weighted by Gasteiger charge is 2.22. The molecule has 1 saturated carbocycles. The van der Waals surface area contributed by atoms with Gasteiger partial charge in [0.25, 0.3) is 0 Å². The number of hydrogen-bond acceptors (Lipinski definition) is 3. The van der Waals surface area contributed by atoms with Gasteiger partial charge in [-0.2, -0.15) is 0 Å². The van der Waals surface area contributed by atoms with Crippen LogP contribution in [0.1, 0.15) is 41.8 Å². The molecule has 1 amide bonds. The van der Waals surface area contributed by atoms with Crippen LogP contribution in [0.4, 0.5) is 4.39 Å². The Morgan fingerprint density at radius 3 is 2.85 bits per heavy atom. The summed E-state index contributed by atoms with van der Waals surface area (Å²) in [4.78, 5) is 17.4. The second-order valence-corrected chi connectivity index (χ2v) is 5.13. The van der Waals surface area contributed by atoms with Crippen molar-refractivity contribution in [3.63, 3.8) is 0 Å². The van der Waals surface area contributed by atoms with Crippen molar-refractivity contribution in [3.8, 4) is 0 Å². The van der Waals surface area contributed by atoms with E-state index < -0.39 is 11.7 Å². The number of carbonyl (C=O) groups excluding carboxylic acids is 1. The normalized spacial score (nSPS) is 15.9. The molecule has 0 aliphatic heterocycles. The summed E-state index contributed by atoms with van der Waals surface area (Å²) in [7, 11) is 0. The molecule has 0 spiro atoms. The molecular formula is C15H16FNO3. The van der Waals surface area contributed by atoms with Crippen molar-refractivity contribution in [3.05, 3.63) is 35.3 Å². The molecule has 0 atom stereocenters. The van der Waals surface area contributed by atoms with Crippen LogP contribution in [-0.2, 0) is 4.84 Å². The van der Waals surface area contributed by atoms with Gasteiger partial charge in [-0.3, -0.25) is 9.63 Å². The van der Waals surface area contributed by atoms with Crippen LogP contribution in [0.2, 0.25) is 0 Å². The first-order chi connectivity index (χ1) is 9.66. The molecule has 4 nitrogen and oxygen atoms in total. The highest BCUT2D eigenvalue weighted by atomic mass is 19.1. The number of hydrogen-bond donors (Lipinski definition) is 1. The minimum Gasteiger partial charge on any atom is -0.447 e. The lowest BCUT2D eigenvalue weighted by molar-refractivity contribution is -0.0138. The first-order valence-electron chi connectivity index (χ1n) is 6.80. The van der Waals surface area contributed by atoms with Gasteiger partial charge in [-0.15, -0.1) is 0 Å². The van der Waals surface area contributed by atoms with Gasteiger partial charge < -0.3 is 4.42 Å². The van der Waals surface area contributed by atoms with Crippen molar-refractivity contribution in [2.45, 2.75) is 38.7 Å². The third-order valence-corrected chi connectivity index (χ3v) is 3.74. The van der Waals surface area contributed by atoms with Crippen molar-refractivity contribution in [2.75, 3.05) is 0 Å². The summed E-state index contributed by atoms with van der Waals surface area (Å²) in [6.45, 7) is 1.73. The third-order valence-electron chi connectivity index (χ3n) is 3.74. The van der Waals surface area contributed by atoms with Gasteiger partial charge in [0, 0.05) is 10.9 Å². The zero-order valence-corrected chi connectivity index (χ0v) is 11.2. The maximum atomic E-state index is 13.6. The van der Waals surface area contributed by atoms with E-state index in [1.165, 1.54) is 6.07 Å². The lowest BCUT2D eigenvalue weighted by Gasteiger charge is -2.10. The van der Waals surface area contributed by atoms with Gasteiger partial charge in [-0.1, -0.05) is 25.0 Å². The van der Waals surface area contributed by atoms with Gasteiger partial charge >= 0.3 is 5.91 Å². The van der Waals surface area contributed by atoms with Gasteiger partial charge in [-0.05, 0) is 25.8 Å². The van der Waals surface area contributed by atoms with Gasteiger partial charge in [0.15, 0.2) is 17.2 Å². The number of fused-ring (bicyclic) bond motifs is 1. The van der Waals surface area contributed by atoms with Crippen LogP contribution in [-0.4, -0.2) is 12.0 Å². The Hall–Kier alpha value is -1.88. The largest absolute Gasteiger partial charge is 0.447 e. The fourth-order valence-corrected chi connectivity index (χ4v) is 2.61. The van der Waals surface area contributed by atoms with Crippen molar-refractivity contribution in [2.24, 2.45) is 0 Å². The highest BCUT2D eigenvalue weighted by molar-refractivity contribution is 5.98. The lowest BCUT2D eigenvalue weighted by Crippen LogP contribution is -2.28. The van der Waals surface area contributed by atoms with Crippen LogP contribution in [0.3, 0.4) is 0 Å². The maximum Gasteiger partial charge on any atom is 0.310 e. The molecule has 0 unspecified atom stereocenters. The Morgan fingerprint density at radius 1 is 1.40 bits per heavy atom. The van der Waals surface area contributed by atoms with E-state index in [0.29, 0.717) is 10.9 Å². The molecule has 0 bridgehead atoms. The minimum atomic E-state index is -0.471. The Morgan fingerprint density at radius 2 is 2.15 bits per heavy atom. The fraction of sp³-hybridized carbons (Fsp3) is 0.400. The van der Waals surface area contributed by atoms with Gasteiger partial charge in [-0.25, -0.2) is 9.87 Å². The number of para-hydroxylation sites is 1. The Labute approximate surface area is 115 Å². The van der Waals surface area contributed by atoms with E-state index in [1.807, 2.05) is 0 Å². The number of hydroxylamine groups is 1. The summed E-state index contributed by atoms with van der Waals surface area (Å²) in [5.41, 5.74) is 3.13. The molecular weight excluding hydrogens is 261 g/mol. The van der Waals surface area contributed by atoms with Crippen molar-refractivity contribution in [1.29, 1.82) is 0 Å². The Kier molecular flexibility index (Phi) is 3.44. The Balaban J connectivity index is 1.80. The first kappa shape index (κ1) is 13.1. The first-order valence-corrected chi connectivity index (χ1v) is 6.80. The average Bonchev–Trinajstić information content (AvgIpc) is 3.06. The van der Waals surface area contributed by atoms with Gasteiger partial charge in [0.05, 0.1) is 6.10 Å². The summed E-state index contributed by atoms with van der Waals surface area (Å²) in [5, 5.41) is 0.607. The smallest absolute Gasteiger partial charge is 0.310 e. The van der Waals surface area contributed by atoms with E-state index in [1.54, 1.807) is 19.1 Å². The summed E-state index contributed by atoms with van der Waals surface area (Å²) in [6.07, 6.45) is 4.22. The quantitative estimate of drug-likeness (QED) is 0.874. The molecule has 0 saturated heterocycles. The molecule has 1 aliphatic rings. The standard InChI is InChI=1S/C15H16FNO3/c1-9-11-7-4-8-12(16)14(11)19-13(9)15(18)17-20-10-5-2-3-6-10/h4,7-8,10H,2-3,5-6H2,1H3,(H,17,18). The molecule has 1 fully saturated rings. The summed E-state index contributed by atoms with van der Waals surface area (Å²) >= 11 is 0. The maximum absolute atomic E-state index is 13.6. The number of furan rings is 1. The lowest BCUT2D eigenvalue weighted by atomic mass is 10.1. The Bertz CT molecular complexity index is 644. The van der Waals surface area contributed by atoms with E-state index >= 15 is 0 Å². The molecule has 20 heavy (non-hydrogen) atoms. The molecule has 0 radical (unpaired) electrons. The molecule has 3 rings (SSSR count). The number of halogens is 1. The molecule has 1 aromatic carbocycles. The summed E-state index contributed by atoms with van der Waals surface area (Å²) < 4.78 is 19.0. The number of aryl methyl sites for hydroxylation is 1. The zero-order chi connectivity index (χ0) is 14.1. The number of nitrogens with one attached hydrogen (secondary N) is 1. The molecule has 1 N–H and O–H groups in total. The van der Waals surface area contributed by atoms with Gasteiger partial charge in [0.1, 0.15) is 0 Å². The molecule has 2 aromatic rings. The molecule has 1 heterocycles. The van der Waals surface area contributed by atoms with Crippen LogP contribution in [0.15, 0.2) is 22.6 Å². The van der Waals surface area contributed by atoms with Gasteiger partial charge in [0.2, 0.25) is 0 Å². The van der Waals surface area contributed by atoms with Crippen LogP contribution >= 0.6 is 0 Å². The zero-order valence-electron chi connectivity index (χ0n) is 11.2. The molecule has 1 aromatic heterocycles. The topological polar surface area (TPSA) is 51.5 Å². The minimum absolute atomic E-state index is 0.0698. The van der Waals surface area contributed by atoms with E-state index in [0.717, 1.165) is 25.7 Å². The third kappa shape index (κ3) is 2.29. The van der Waals surface area contributed by atoms with E-state index in [-0.39, 0.29) is 17.4 Å². The SMILES string of the molecule is Cc1c(C(=O)NOC2CCCC2)oc2c(F)cccc12. The number of carbonyl (C=O) groups is 1. The van der Waals surface area contributed by atoms with Crippen molar-refractivity contribution in [1.82, 2.24) is 5.48 Å². The predicted molar refractivity (Wildman–Crippen MR) is 71.7 cm³/mol. The predicted octanol–water partition coefficient (Wildman–Crippen LogP) is 3.48. The number of rotatable bonds is 3. The second-order valence-electron chi connectivity index (χ2n) is 5.13. The van der Waals surface area contributed by atoms with Crippen LogP contribution in [0.5, 0.6) is 0 Å². The van der Waals surface area contributed by atoms with Crippen molar-refractivity contribution < 1.29 is 18.4 Å². The average molecular weight is 277 g/mol. The van der Waals surface area contributed by atoms with Crippen LogP contribution in [0, 0.1) is 12.7 Å². The summed E-state index contributed by atoms with van der Waals surface area (Å²) in [5.74, 6) is -0.838. The highest BCUT2D eigenvalue weighted by Crippen LogP contribution is 2.27. The van der Waals surface area contributed by atoms with Crippen LogP contribution < -0.4 is 5.48 Å². The second kappa shape index (κ2) is 5.25. The number of benzene rings is 1. The molecule has 5 heteroatoms. The monoisotopic (exact) mass is 277 g/mol. The molecule has 1 aliphatic carbocycles. The van der Waals surface area contributed by atoms with E-state index in [9.17, 15) is 9.18 Å². The fourth-order valence-electron chi connectivity index (χ4n) is 2.61. The van der Waals surface area contributed by atoms with Crippen LogP contribution in [0.25, 0.3) is 11.0 Å². The molecule has 106 valence electrons. The van der Waals surface area contributed by atoms with E-state index in [2.05, 4.69) is 5.48 Å². The number of amides is 1. The van der Waals surface area contributed by atoms with Crippen molar-refractivity contribution >= 4 is 16.9 Å².